The van der Waals surface area contributed by atoms with E-state index in [9.17, 15) is 13.2 Å². The second-order valence-corrected chi connectivity index (χ2v) is 4.74. The minimum atomic E-state index is -4.51. The molecule has 0 unspecified atom stereocenters. The number of aliphatic imine (C=N–C) groups is 1. The van der Waals surface area contributed by atoms with Crippen molar-refractivity contribution in [2.24, 2.45) is 10.7 Å². The van der Waals surface area contributed by atoms with E-state index in [1.807, 2.05) is 31.2 Å². The summed E-state index contributed by atoms with van der Waals surface area (Å²) in [5, 5.41) is 2.88. The fourth-order valence-corrected chi connectivity index (χ4v) is 1.85. The average molecular weight is 323 g/mol. The molecule has 0 radical (unpaired) electrons. The molecule has 2 rings (SSSR count). The summed E-state index contributed by atoms with van der Waals surface area (Å²) in [6, 6.07) is 8.41. The first-order chi connectivity index (χ1) is 10.9. The van der Waals surface area contributed by atoms with Gasteiger partial charge in [0.2, 0.25) is 0 Å². The smallest absolute Gasteiger partial charge is 0.370 e. The van der Waals surface area contributed by atoms with Crippen molar-refractivity contribution in [2.75, 3.05) is 5.32 Å². The van der Waals surface area contributed by atoms with E-state index >= 15 is 0 Å². The Morgan fingerprint density at radius 1 is 1.30 bits per heavy atom. The van der Waals surface area contributed by atoms with Crippen molar-refractivity contribution < 1.29 is 13.2 Å². The Bertz CT molecular complexity index is 698. The number of guanidine groups is 1. The molecule has 0 saturated carbocycles. The van der Waals surface area contributed by atoms with Crippen molar-refractivity contribution in [2.45, 2.75) is 26.1 Å². The van der Waals surface area contributed by atoms with E-state index in [0.717, 1.165) is 29.9 Å². The van der Waals surface area contributed by atoms with E-state index in [2.05, 4.69) is 20.3 Å². The van der Waals surface area contributed by atoms with Crippen LogP contribution >= 0.6 is 0 Å². The molecule has 0 aliphatic heterocycles. The molecule has 1 heterocycles. The number of halogens is 3. The van der Waals surface area contributed by atoms with Gasteiger partial charge in [-0.15, -0.1) is 0 Å². The molecule has 0 bridgehead atoms. The highest BCUT2D eigenvalue weighted by atomic mass is 19.4. The van der Waals surface area contributed by atoms with Gasteiger partial charge in [0.1, 0.15) is 18.1 Å². The third-order valence-electron chi connectivity index (χ3n) is 2.99. The number of nitrogens with two attached hydrogens (primary N) is 1. The summed E-state index contributed by atoms with van der Waals surface area (Å²) in [5.74, 6) is 0.0335. The minimum Gasteiger partial charge on any atom is -0.370 e. The first-order valence-corrected chi connectivity index (χ1v) is 6.93. The van der Waals surface area contributed by atoms with Gasteiger partial charge in [0, 0.05) is 11.9 Å². The van der Waals surface area contributed by atoms with E-state index in [-0.39, 0.29) is 18.3 Å². The Kier molecular flexibility index (Phi) is 5.15. The molecular formula is C15H16F3N5. The normalized spacial score (nSPS) is 12.3. The Hall–Kier alpha value is -2.64. The molecule has 1 aromatic heterocycles. The Labute approximate surface area is 131 Å². The Morgan fingerprint density at radius 2 is 2.09 bits per heavy atom. The number of hydrogen-bond donors (Lipinski definition) is 2. The van der Waals surface area contributed by atoms with Gasteiger partial charge in [-0.3, -0.25) is 0 Å². The van der Waals surface area contributed by atoms with Crippen LogP contribution in [0.4, 0.5) is 18.9 Å². The molecular weight excluding hydrogens is 307 g/mol. The van der Waals surface area contributed by atoms with Gasteiger partial charge in [0.25, 0.3) is 0 Å². The molecule has 2 aromatic rings. The van der Waals surface area contributed by atoms with Gasteiger partial charge < -0.3 is 11.1 Å². The molecule has 122 valence electrons. The van der Waals surface area contributed by atoms with Gasteiger partial charge in [-0.05, 0) is 30.2 Å². The molecule has 0 saturated heterocycles. The van der Waals surface area contributed by atoms with Gasteiger partial charge >= 0.3 is 6.18 Å². The number of nitrogens with one attached hydrogen (secondary N) is 1. The van der Waals surface area contributed by atoms with Crippen molar-refractivity contribution in [3.63, 3.8) is 0 Å². The number of benzene rings is 1. The summed E-state index contributed by atoms with van der Waals surface area (Å²) < 4.78 is 37.7. The van der Waals surface area contributed by atoms with Gasteiger partial charge in [-0.1, -0.05) is 19.1 Å². The van der Waals surface area contributed by atoms with Crippen LogP contribution in [0.5, 0.6) is 0 Å². The molecule has 8 heteroatoms. The molecule has 0 aliphatic rings. The summed E-state index contributed by atoms with van der Waals surface area (Å²) in [4.78, 5) is 11.1. The molecule has 0 aliphatic carbocycles. The largest absolute Gasteiger partial charge is 0.433 e. The third kappa shape index (κ3) is 4.94. The van der Waals surface area contributed by atoms with Crippen LogP contribution in [0, 0.1) is 0 Å². The summed E-state index contributed by atoms with van der Waals surface area (Å²) in [5.41, 5.74) is 6.62. The minimum absolute atomic E-state index is 0.0492. The van der Waals surface area contributed by atoms with Crippen molar-refractivity contribution in [3.8, 4) is 0 Å². The first-order valence-electron chi connectivity index (χ1n) is 6.93. The zero-order valence-electron chi connectivity index (χ0n) is 12.4. The molecule has 0 fully saturated rings. The Balaban J connectivity index is 2.04. The van der Waals surface area contributed by atoms with Gasteiger partial charge in [0.05, 0.1) is 0 Å². The summed E-state index contributed by atoms with van der Waals surface area (Å²) in [6.45, 7) is 1.89. The molecule has 1 aromatic carbocycles. The predicted molar refractivity (Wildman–Crippen MR) is 81.8 cm³/mol. The van der Waals surface area contributed by atoms with Crippen LogP contribution in [-0.4, -0.2) is 15.9 Å². The van der Waals surface area contributed by atoms with E-state index in [0.29, 0.717) is 0 Å². The number of aryl methyl sites for hydroxylation is 1. The number of nitrogens with zero attached hydrogens (tertiary/aromatic N) is 3. The van der Waals surface area contributed by atoms with Crippen LogP contribution in [0.2, 0.25) is 0 Å². The maximum Gasteiger partial charge on any atom is 0.433 e. The van der Waals surface area contributed by atoms with Crippen LogP contribution < -0.4 is 11.1 Å². The number of hydrogen-bond acceptors (Lipinski definition) is 3. The molecule has 23 heavy (non-hydrogen) atoms. The number of rotatable bonds is 4. The summed E-state index contributed by atoms with van der Waals surface area (Å²) in [6.07, 6.45) is -2.58. The average Bonchev–Trinajstić information content (AvgIpc) is 2.52. The van der Waals surface area contributed by atoms with Crippen LogP contribution in [0.15, 0.2) is 41.5 Å². The maximum absolute atomic E-state index is 12.6. The van der Waals surface area contributed by atoms with Crippen LogP contribution in [0.1, 0.15) is 24.0 Å². The predicted octanol–water partition coefficient (Wildman–Crippen LogP) is 2.98. The monoisotopic (exact) mass is 323 g/mol. The zero-order chi connectivity index (χ0) is 16.9. The molecule has 0 amide bonds. The lowest BCUT2D eigenvalue weighted by molar-refractivity contribution is -0.141. The fraction of sp³-hybridized carbons (Fsp3) is 0.267. The summed E-state index contributed by atoms with van der Waals surface area (Å²) >= 11 is 0. The van der Waals surface area contributed by atoms with E-state index < -0.39 is 11.9 Å². The highest BCUT2D eigenvalue weighted by Gasteiger charge is 2.32. The molecule has 3 N–H and O–H groups in total. The highest BCUT2D eigenvalue weighted by Crippen LogP contribution is 2.26. The van der Waals surface area contributed by atoms with Gasteiger partial charge in [0.15, 0.2) is 5.96 Å². The van der Waals surface area contributed by atoms with Crippen LogP contribution in [-0.2, 0) is 19.1 Å². The Morgan fingerprint density at radius 3 is 2.78 bits per heavy atom. The lowest BCUT2D eigenvalue weighted by Gasteiger charge is -2.08. The molecule has 0 atom stereocenters. The lowest BCUT2D eigenvalue weighted by atomic mass is 10.1. The van der Waals surface area contributed by atoms with E-state index in [1.54, 1.807) is 0 Å². The number of alkyl halides is 3. The third-order valence-corrected chi connectivity index (χ3v) is 2.99. The standard InChI is InChI=1S/C15H16F3N5/c1-2-10-4-3-5-11(8-10)22-14(19)21-9-13-20-7-6-12(23-13)15(16,17)18/h3-8H,2,9H2,1H3,(H3,19,21,22). The number of anilines is 1. The second-order valence-electron chi connectivity index (χ2n) is 4.74. The van der Waals surface area contributed by atoms with Gasteiger partial charge in [-0.25, -0.2) is 15.0 Å². The summed E-state index contributed by atoms with van der Waals surface area (Å²) in [7, 11) is 0. The van der Waals surface area contributed by atoms with Crippen LogP contribution in [0.25, 0.3) is 0 Å². The van der Waals surface area contributed by atoms with Gasteiger partial charge in [-0.2, -0.15) is 13.2 Å². The van der Waals surface area contributed by atoms with Crippen molar-refractivity contribution >= 4 is 11.6 Å². The van der Waals surface area contributed by atoms with E-state index in [4.69, 9.17) is 5.73 Å². The zero-order valence-corrected chi connectivity index (χ0v) is 12.4. The second kappa shape index (κ2) is 7.08. The van der Waals surface area contributed by atoms with Crippen molar-refractivity contribution in [1.82, 2.24) is 9.97 Å². The molecule has 0 spiro atoms. The van der Waals surface area contributed by atoms with Crippen molar-refractivity contribution in [1.29, 1.82) is 0 Å². The fourth-order valence-electron chi connectivity index (χ4n) is 1.85. The first kappa shape index (κ1) is 16.7. The topological polar surface area (TPSA) is 76.2 Å². The van der Waals surface area contributed by atoms with Crippen molar-refractivity contribution in [3.05, 3.63) is 53.6 Å². The van der Waals surface area contributed by atoms with E-state index in [1.165, 1.54) is 0 Å². The van der Waals surface area contributed by atoms with Crippen LogP contribution in [0.3, 0.4) is 0 Å². The number of aromatic nitrogens is 2. The maximum atomic E-state index is 12.6. The quantitative estimate of drug-likeness (QED) is 0.670. The molecule has 5 nitrogen and oxygen atoms in total. The highest BCUT2D eigenvalue weighted by molar-refractivity contribution is 5.92. The lowest BCUT2D eigenvalue weighted by Crippen LogP contribution is -2.23. The SMILES string of the molecule is CCc1cccc(NC(N)=NCc2nccc(C(F)(F)F)n2)c1.